The van der Waals surface area contributed by atoms with Crippen LogP contribution < -0.4 is 19.9 Å². The largest absolute Gasteiger partial charge is 0.497 e. The molecule has 3 aromatic rings. The van der Waals surface area contributed by atoms with Gasteiger partial charge >= 0.3 is 6.18 Å². The average molecular weight is 615 g/mol. The van der Waals surface area contributed by atoms with Gasteiger partial charge < -0.3 is 24.0 Å². The summed E-state index contributed by atoms with van der Waals surface area (Å²) in [7, 11) is 1.49. The van der Waals surface area contributed by atoms with Crippen LogP contribution in [-0.2, 0) is 22.3 Å². The smallest absolute Gasteiger partial charge is 0.425 e. The van der Waals surface area contributed by atoms with Gasteiger partial charge in [0.15, 0.2) is 11.3 Å². The quantitative estimate of drug-likeness (QED) is 0.282. The van der Waals surface area contributed by atoms with Gasteiger partial charge in [0.05, 0.1) is 45.0 Å². The Bertz CT molecular complexity index is 1500. The fraction of sp³-hybridized carbons (Fsp3) is 0.433. The third-order valence-electron chi connectivity index (χ3n) is 7.13. The van der Waals surface area contributed by atoms with Crippen molar-refractivity contribution in [1.29, 1.82) is 5.26 Å². The number of methoxy groups -OCH3 is 1. The maximum atomic E-state index is 14.0. The predicted molar refractivity (Wildman–Crippen MR) is 153 cm³/mol. The zero-order valence-corrected chi connectivity index (χ0v) is 24.4. The molecule has 14 heteroatoms. The van der Waals surface area contributed by atoms with Gasteiger partial charge in [0.1, 0.15) is 23.7 Å². The van der Waals surface area contributed by atoms with E-state index in [1.807, 2.05) is 11.0 Å². The summed E-state index contributed by atoms with van der Waals surface area (Å²) in [4.78, 5) is 33.6. The summed E-state index contributed by atoms with van der Waals surface area (Å²) >= 11 is 0. The number of hydrogen-bond acceptors (Lipinski definition) is 9. The molecular formula is C30H33F3N6O5. The number of amides is 1. The highest BCUT2D eigenvalue weighted by Crippen LogP contribution is 2.33. The fourth-order valence-corrected chi connectivity index (χ4v) is 4.61. The lowest BCUT2D eigenvalue weighted by atomic mass is 10.2. The fourth-order valence-electron chi connectivity index (χ4n) is 4.61. The van der Waals surface area contributed by atoms with Crippen molar-refractivity contribution in [2.45, 2.75) is 38.6 Å². The molecule has 1 fully saturated rings. The molecule has 11 nitrogen and oxygen atoms in total. The molecule has 2 aromatic heterocycles. The van der Waals surface area contributed by atoms with Crippen molar-refractivity contribution in [2.24, 2.45) is 0 Å². The van der Waals surface area contributed by atoms with E-state index in [0.717, 1.165) is 16.7 Å². The van der Waals surface area contributed by atoms with Gasteiger partial charge in [0.25, 0.3) is 5.56 Å². The van der Waals surface area contributed by atoms with E-state index in [0.29, 0.717) is 49.5 Å². The summed E-state index contributed by atoms with van der Waals surface area (Å²) in [6.07, 6.45) is -2.97. The minimum absolute atomic E-state index is 0.0594. The molecule has 0 saturated carbocycles. The molecule has 1 atom stereocenters. The number of anilines is 1. The molecule has 1 aliphatic rings. The van der Waals surface area contributed by atoms with Crippen LogP contribution in [0.3, 0.4) is 0 Å². The molecule has 0 aliphatic carbocycles. The van der Waals surface area contributed by atoms with E-state index in [2.05, 4.69) is 10.1 Å². The van der Waals surface area contributed by atoms with Crippen LogP contribution in [0.2, 0.25) is 0 Å². The van der Waals surface area contributed by atoms with Gasteiger partial charge in [-0.15, -0.1) is 0 Å². The summed E-state index contributed by atoms with van der Waals surface area (Å²) in [6.45, 7) is 3.71. The first kappa shape index (κ1) is 32.3. The molecule has 234 valence electrons. The third kappa shape index (κ3) is 8.25. The maximum Gasteiger partial charge on any atom is 0.425 e. The van der Waals surface area contributed by atoms with Crippen LogP contribution in [0.4, 0.5) is 19.0 Å². The van der Waals surface area contributed by atoms with Gasteiger partial charge in [-0.25, -0.2) is 9.67 Å². The lowest BCUT2D eigenvalue weighted by Gasteiger charge is -2.35. The Kier molecular flexibility index (Phi) is 10.8. The van der Waals surface area contributed by atoms with E-state index in [1.165, 1.54) is 13.3 Å². The average Bonchev–Trinajstić information content (AvgIpc) is 3.03. The van der Waals surface area contributed by atoms with Crippen molar-refractivity contribution in [3.63, 3.8) is 0 Å². The number of pyridine rings is 1. The van der Waals surface area contributed by atoms with Gasteiger partial charge in [-0.2, -0.15) is 23.5 Å². The van der Waals surface area contributed by atoms with Crippen LogP contribution >= 0.6 is 0 Å². The molecule has 44 heavy (non-hydrogen) atoms. The van der Waals surface area contributed by atoms with Crippen LogP contribution in [0.15, 0.2) is 53.6 Å². The Balaban J connectivity index is 1.28. The zero-order chi connectivity index (χ0) is 31.7. The first-order valence-corrected chi connectivity index (χ1v) is 14.1. The minimum atomic E-state index is -4.97. The number of benzene rings is 1. The number of halogens is 3. The Hall–Kier alpha value is -4.64. The van der Waals surface area contributed by atoms with Crippen molar-refractivity contribution < 1.29 is 32.2 Å². The van der Waals surface area contributed by atoms with Gasteiger partial charge in [-0.1, -0.05) is 19.1 Å². The number of aromatic nitrogens is 3. The Morgan fingerprint density at radius 2 is 1.82 bits per heavy atom. The lowest BCUT2D eigenvalue weighted by molar-refractivity contribution is -0.141. The number of hydrogen-bond donors (Lipinski definition) is 0. The SMILES string of the molecule is CCC(COCCC(=O)N1CCN(c2ccc(C#N)cn2)CC1)Oc1cnn(Cc2ccc(OC)cc2)c(=O)c1C(F)(F)F. The number of carbonyl (C=O) groups is 1. The van der Waals surface area contributed by atoms with E-state index >= 15 is 0 Å². The van der Waals surface area contributed by atoms with Crippen molar-refractivity contribution in [1.82, 2.24) is 19.7 Å². The minimum Gasteiger partial charge on any atom is -0.497 e. The number of carbonyl (C=O) groups excluding carboxylic acids is 1. The molecule has 0 spiro atoms. The van der Waals surface area contributed by atoms with E-state index < -0.39 is 29.2 Å². The van der Waals surface area contributed by atoms with Crippen molar-refractivity contribution in [3.05, 3.63) is 75.8 Å². The summed E-state index contributed by atoms with van der Waals surface area (Å²) in [6, 6.07) is 12.0. The molecule has 3 heterocycles. The summed E-state index contributed by atoms with van der Waals surface area (Å²) in [5.74, 6) is 0.538. The number of ether oxygens (including phenoxy) is 3. The van der Waals surface area contributed by atoms with Crippen molar-refractivity contribution in [3.8, 4) is 17.6 Å². The normalized spacial score (nSPS) is 14.2. The molecular weight excluding hydrogens is 581 g/mol. The number of alkyl halides is 3. The monoisotopic (exact) mass is 614 g/mol. The molecule has 0 N–H and O–H groups in total. The Morgan fingerprint density at radius 3 is 2.41 bits per heavy atom. The van der Waals surface area contributed by atoms with E-state index in [1.54, 1.807) is 48.2 Å². The Morgan fingerprint density at radius 1 is 1.09 bits per heavy atom. The van der Waals surface area contributed by atoms with Gasteiger partial charge in [0, 0.05) is 32.4 Å². The molecule has 0 bridgehead atoms. The summed E-state index contributed by atoms with van der Waals surface area (Å²) < 4.78 is 58.9. The maximum absolute atomic E-state index is 14.0. The molecule has 1 amide bonds. The number of rotatable bonds is 12. The van der Waals surface area contributed by atoms with Crippen molar-refractivity contribution in [2.75, 3.05) is 51.4 Å². The van der Waals surface area contributed by atoms with Gasteiger partial charge in [-0.05, 0) is 36.2 Å². The molecule has 1 saturated heterocycles. The topological polar surface area (TPSA) is 123 Å². The summed E-state index contributed by atoms with van der Waals surface area (Å²) in [5.41, 5.74) is -1.71. The standard InChI is InChI=1S/C30H33F3N6O5/c1-3-23(20-43-15-10-27(40)38-13-11-37(12-14-38)26-9-6-22(16-34)17-35-26)44-25-18-36-39(29(41)28(25)30(31,32)33)19-21-4-7-24(42-2)8-5-21/h4-9,17-18,23H,3,10-15,19-20H2,1-2H3. The Labute approximate surface area is 252 Å². The number of nitrogens with zero attached hydrogens (tertiary/aromatic N) is 6. The first-order valence-electron chi connectivity index (χ1n) is 14.1. The highest BCUT2D eigenvalue weighted by Gasteiger charge is 2.39. The van der Waals surface area contributed by atoms with Crippen LogP contribution in [0, 0.1) is 11.3 Å². The lowest BCUT2D eigenvalue weighted by Crippen LogP contribution is -2.49. The highest BCUT2D eigenvalue weighted by molar-refractivity contribution is 5.76. The predicted octanol–water partition coefficient (Wildman–Crippen LogP) is 3.50. The number of nitriles is 1. The molecule has 1 aliphatic heterocycles. The van der Waals surface area contributed by atoms with E-state index in [9.17, 15) is 22.8 Å². The summed E-state index contributed by atoms with van der Waals surface area (Å²) in [5, 5.41) is 12.8. The zero-order valence-electron chi connectivity index (χ0n) is 24.4. The van der Waals surface area contributed by atoms with E-state index in [4.69, 9.17) is 19.5 Å². The molecule has 1 unspecified atom stereocenters. The van der Waals surface area contributed by atoms with Crippen molar-refractivity contribution >= 4 is 11.7 Å². The number of piperazine rings is 1. The molecule has 1 aromatic carbocycles. The second kappa shape index (κ2) is 14.7. The van der Waals surface area contributed by atoms with Crippen LogP contribution in [0.5, 0.6) is 11.5 Å². The second-order valence-electron chi connectivity index (χ2n) is 10.1. The van der Waals surface area contributed by atoms with Crippen LogP contribution in [0.1, 0.15) is 36.5 Å². The van der Waals surface area contributed by atoms with Crippen LogP contribution in [0.25, 0.3) is 0 Å². The van der Waals surface area contributed by atoms with E-state index in [-0.39, 0.29) is 32.1 Å². The second-order valence-corrected chi connectivity index (χ2v) is 10.1. The molecule has 4 rings (SSSR count). The molecule has 0 radical (unpaired) electrons. The van der Waals surface area contributed by atoms with Gasteiger partial charge in [0.2, 0.25) is 5.91 Å². The third-order valence-corrected chi connectivity index (χ3v) is 7.13. The van der Waals surface area contributed by atoms with Crippen LogP contribution in [-0.4, -0.2) is 78.2 Å². The first-order chi connectivity index (χ1) is 21.1. The highest BCUT2D eigenvalue weighted by atomic mass is 19.4. The van der Waals surface area contributed by atoms with Gasteiger partial charge in [-0.3, -0.25) is 9.59 Å².